The van der Waals surface area contributed by atoms with Crippen molar-refractivity contribution >= 4 is 36.0 Å². The van der Waals surface area contributed by atoms with Gasteiger partial charge < -0.3 is 25.6 Å². The average molecular weight is 427 g/mol. The Morgan fingerprint density at radius 3 is 2.59 bits per heavy atom. The molecule has 1 rings (SSSR count). The van der Waals surface area contributed by atoms with E-state index in [0.717, 1.165) is 32.4 Å². The van der Waals surface area contributed by atoms with E-state index in [4.69, 9.17) is 10.5 Å². The van der Waals surface area contributed by atoms with E-state index in [0.29, 0.717) is 25.7 Å². The maximum Gasteiger partial charge on any atom is 0.409 e. The number of halogens is 1. The fourth-order valence-corrected chi connectivity index (χ4v) is 2.26. The summed E-state index contributed by atoms with van der Waals surface area (Å²) >= 11 is 0. The lowest BCUT2D eigenvalue weighted by atomic mass is 10.1. The predicted molar refractivity (Wildman–Crippen MR) is 99.8 cm³/mol. The normalized spacial score (nSPS) is 16.4. The number of amides is 1. The molecule has 7 nitrogen and oxygen atoms in total. The van der Waals surface area contributed by atoms with Crippen molar-refractivity contribution in [2.75, 3.05) is 46.9 Å². The van der Waals surface area contributed by atoms with Crippen LogP contribution in [0.1, 0.15) is 26.2 Å². The van der Waals surface area contributed by atoms with Gasteiger partial charge >= 0.3 is 6.09 Å². The first kappa shape index (κ1) is 21.2. The van der Waals surface area contributed by atoms with E-state index < -0.39 is 0 Å². The Morgan fingerprint density at radius 1 is 1.41 bits per heavy atom. The number of nitrogens with two attached hydrogens (primary N) is 1. The Hall–Kier alpha value is -0.770. The second kappa shape index (κ2) is 11.8. The van der Waals surface area contributed by atoms with Crippen molar-refractivity contribution in [3.63, 3.8) is 0 Å². The molecule has 1 aliphatic heterocycles. The summed E-state index contributed by atoms with van der Waals surface area (Å²) < 4.78 is 5.00. The van der Waals surface area contributed by atoms with Crippen molar-refractivity contribution in [2.45, 2.75) is 32.2 Å². The first-order valence-electron chi connectivity index (χ1n) is 7.65. The smallest absolute Gasteiger partial charge is 0.409 e. The third kappa shape index (κ3) is 8.62. The van der Waals surface area contributed by atoms with E-state index in [1.54, 1.807) is 4.90 Å². The molecule has 1 amide bonds. The number of ether oxygens (including phenoxy) is 1. The monoisotopic (exact) mass is 427 g/mol. The summed E-state index contributed by atoms with van der Waals surface area (Å²) in [5.74, 6) is 0.503. The first-order chi connectivity index (χ1) is 10.0. The van der Waals surface area contributed by atoms with E-state index >= 15 is 0 Å². The van der Waals surface area contributed by atoms with Crippen LogP contribution in [0, 0.1) is 0 Å². The summed E-state index contributed by atoms with van der Waals surface area (Å²) in [6.07, 6.45) is 2.51. The van der Waals surface area contributed by atoms with Crippen LogP contribution in [0.25, 0.3) is 0 Å². The van der Waals surface area contributed by atoms with E-state index in [1.807, 2.05) is 21.0 Å². The Morgan fingerprint density at radius 2 is 2.05 bits per heavy atom. The molecular weight excluding hydrogens is 397 g/mol. The topological polar surface area (TPSA) is 83.2 Å². The highest BCUT2D eigenvalue weighted by atomic mass is 127. The lowest BCUT2D eigenvalue weighted by Crippen LogP contribution is -2.48. The molecule has 0 aliphatic carbocycles. The molecule has 22 heavy (non-hydrogen) atoms. The lowest BCUT2D eigenvalue weighted by molar-refractivity contribution is 0.0963. The molecular formula is C14H30IN5O2. The summed E-state index contributed by atoms with van der Waals surface area (Å²) in [5.41, 5.74) is 5.88. The highest BCUT2D eigenvalue weighted by Gasteiger charge is 2.23. The zero-order chi connectivity index (χ0) is 15.7. The minimum atomic E-state index is -0.221. The van der Waals surface area contributed by atoms with Crippen LogP contribution in [0.3, 0.4) is 0 Å². The molecule has 3 N–H and O–H groups in total. The van der Waals surface area contributed by atoms with Gasteiger partial charge in [-0.15, -0.1) is 24.0 Å². The minimum absolute atomic E-state index is 0. The maximum atomic E-state index is 11.6. The Labute approximate surface area is 150 Å². The van der Waals surface area contributed by atoms with E-state index in [2.05, 4.69) is 15.2 Å². The van der Waals surface area contributed by atoms with Gasteiger partial charge in [0.05, 0.1) is 6.61 Å². The van der Waals surface area contributed by atoms with Gasteiger partial charge in [0.1, 0.15) is 0 Å². The molecule has 0 unspecified atom stereocenters. The van der Waals surface area contributed by atoms with Crippen LogP contribution in [0.15, 0.2) is 4.99 Å². The number of aliphatic imine (C=N–C) groups is 1. The number of nitrogens with zero attached hydrogens (tertiary/aromatic N) is 3. The van der Waals surface area contributed by atoms with Crippen molar-refractivity contribution in [1.82, 2.24) is 15.1 Å². The number of rotatable bonds is 6. The molecule has 0 spiro atoms. The molecule has 1 fully saturated rings. The fourth-order valence-electron chi connectivity index (χ4n) is 2.26. The Kier molecular flexibility index (Phi) is 11.3. The number of hydrogen-bond acceptors (Lipinski definition) is 4. The molecule has 8 heteroatoms. The predicted octanol–water partition coefficient (Wildman–Crippen LogP) is 1.08. The van der Waals surface area contributed by atoms with Crippen molar-refractivity contribution < 1.29 is 9.53 Å². The number of likely N-dealkylation sites (tertiary alicyclic amines) is 1. The van der Waals surface area contributed by atoms with Gasteiger partial charge in [-0.25, -0.2) is 4.79 Å². The van der Waals surface area contributed by atoms with Crippen LogP contribution in [-0.4, -0.2) is 74.8 Å². The molecule has 0 aromatic rings. The second-order valence-electron chi connectivity index (χ2n) is 5.53. The SMILES string of the molecule is CCOC(=O)N1CCC(NC(N)=NCCCN(C)C)CC1.I. The average Bonchev–Trinajstić information content (AvgIpc) is 2.44. The maximum absolute atomic E-state index is 11.6. The van der Waals surface area contributed by atoms with Crippen LogP contribution >= 0.6 is 24.0 Å². The third-order valence-corrected chi connectivity index (χ3v) is 3.42. The second-order valence-corrected chi connectivity index (χ2v) is 5.53. The van der Waals surface area contributed by atoms with Gasteiger partial charge in [0.25, 0.3) is 0 Å². The molecule has 0 radical (unpaired) electrons. The molecule has 0 aromatic heterocycles. The van der Waals surface area contributed by atoms with Crippen molar-refractivity contribution in [3.05, 3.63) is 0 Å². The fraction of sp³-hybridized carbons (Fsp3) is 0.857. The van der Waals surface area contributed by atoms with Crippen LogP contribution in [0.2, 0.25) is 0 Å². The quantitative estimate of drug-likeness (QED) is 0.287. The third-order valence-electron chi connectivity index (χ3n) is 3.42. The molecule has 0 saturated carbocycles. The van der Waals surface area contributed by atoms with Gasteiger partial charge in [0, 0.05) is 25.7 Å². The van der Waals surface area contributed by atoms with Crippen molar-refractivity contribution in [2.24, 2.45) is 10.7 Å². The number of piperidine rings is 1. The zero-order valence-electron chi connectivity index (χ0n) is 13.9. The van der Waals surface area contributed by atoms with Gasteiger partial charge in [-0.05, 0) is 46.8 Å². The summed E-state index contributed by atoms with van der Waals surface area (Å²) in [4.78, 5) is 19.8. The summed E-state index contributed by atoms with van der Waals surface area (Å²) in [6.45, 7) is 5.38. The van der Waals surface area contributed by atoms with Gasteiger partial charge in [0.15, 0.2) is 5.96 Å². The van der Waals surface area contributed by atoms with Crippen molar-refractivity contribution in [3.8, 4) is 0 Å². The minimum Gasteiger partial charge on any atom is -0.450 e. The van der Waals surface area contributed by atoms with E-state index in [1.165, 1.54) is 0 Å². The van der Waals surface area contributed by atoms with E-state index in [9.17, 15) is 4.79 Å². The van der Waals surface area contributed by atoms with Gasteiger partial charge in [-0.3, -0.25) is 4.99 Å². The largest absolute Gasteiger partial charge is 0.450 e. The van der Waals surface area contributed by atoms with Crippen molar-refractivity contribution in [1.29, 1.82) is 0 Å². The zero-order valence-corrected chi connectivity index (χ0v) is 16.2. The van der Waals surface area contributed by atoms with Gasteiger partial charge in [0.2, 0.25) is 0 Å². The number of guanidine groups is 1. The Bertz CT molecular complexity index is 344. The van der Waals surface area contributed by atoms with Gasteiger partial charge in [-0.1, -0.05) is 0 Å². The summed E-state index contributed by atoms with van der Waals surface area (Å²) in [7, 11) is 4.09. The summed E-state index contributed by atoms with van der Waals surface area (Å²) in [5, 5.41) is 3.23. The molecule has 1 aliphatic rings. The number of hydrogen-bond donors (Lipinski definition) is 2. The number of carbonyl (C=O) groups excluding carboxylic acids is 1. The molecule has 1 heterocycles. The van der Waals surface area contributed by atoms with Crippen LogP contribution in [-0.2, 0) is 4.74 Å². The molecule has 1 saturated heterocycles. The summed E-state index contributed by atoms with van der Waals surface area (Å²) in [6, 6.07) is 0.285. The van der Waals surface area contributed by atoms with Gasteiger partial charge in [-0.2, -0.15) is 0 Å². The number of carbonyl (C=O) groups is 1. The van der Waals surface area contributed by atoms with Crippen LogP contribution < -0.4 is 11.1 Å². The molecule has 130 valence electrons. The molecule has 0 aromatic carbocycles. The Balaban J connectivity index is 0.00000441. The standard InChI is InChI=1S/C14H29N5O2.HI/c1-4-21-14(20)19-10-6-12(7-11-19)17-13(15)16-8-5-9-18(2)3;/h12H,4-11H2,1-3H3,(H3,15,16,17);1H. The van der Waals surface area contributed by atoms with E-state index in [-0.39, 0.29) is 36.1 Å². The highest BCUT2D eigenvalue weighted by Crippen LogP contribution is 2.11. The first-order valence-corrected chi connectivity index (χ1v) is 7.65. The number of nitrogens with one attached hydrogen (secondary N) is 1. The molecule has 0 bridgehead atoms. The van der Waals surface area contributed by atoms with Crippen LogP contribution in [0.5, 0.6) is 0 Å². The molecule has 0 atom stereocenters. The lowest BCUT2D eigenvalue weighted by Gasteiger charge is -2.31. The highest BCUT2D eigenvalue weighted by molar-refractivity contribution is 14.0. The van der Waals surface area contributed by atoms with Crippen LogP contribution in [0.4, 0.5) is 4.79 Å².